The van der Waals surface area contributed by atoms with Gasteiger partial charge >= 0.3 is 0 Å². The second-order valence-corrected chi connectivity index (χ2v) is 3.59. The molecule has 3 unspecified atom stereocenters. The van der Waals surface area contributed by atoms with E-state index in [-0.39, 0.29) is 18.2 Å². The minimum Gasteiger partial charge on any atom is -0.324 e. The average molecular weight is 154 g/mol. The minimum absolute atomic E-state index is 0.231. The SMILES string of the molecule is NCC(=O)C1CN2CCC1C2. The van der Waals surface area contributed by atoms with Gasteiger partial charge in [0.2, 0.25) is 0 Å². The monoisotopic (exact) mass is 154 g/mol. The van der Waals surface area contributed by atoms with Crippen LogP contribution in [0.3, 0.4) is 0 Å². The molecule has 3 heteroatoms. The molecule has 2 saturated heterocycles. The van der Waals surface area contributed by atoms with Crippen molar-refractivity contribution in [1.82, 2.24) is 4.90 Å². The zero-order valence-electron chi connectivity index (χ0n) is 6.62. The van der Waals surface area contributed by atoms with E-state index in [0.29, 0.717) is 5.92 Å². The summed E-state index contributed by atoms with van der Waals surface area (Å²) in [5, 5.41) is 0. The number of nitrogens with two attached hydrogens (primary N) is 1. The highest BCUT2D eigenvalue weighted by Crippen LogP contribution is 2.32. The zero-order chi connectivity index (χ0) is 7.84. The summed E-state index contributed by atoms with van der Waals surface area (Å²) in [6.07, 6.45) is 1.20. The highest BCUT2D eigenvalue weighted by Gasteiger charge is 2.40. The van der Waals surface area contributed by atoms with Crippen molar-refractivity contribution in [3.05, 3.63) is 0 Å². The van der Waals surface area contributed by atoms with Crippen LogP contribution < -0.4 is 5.73 Å². The fourth-order valence-corrected chi connectivity index (χ4v) is 2.30. The molecule has 2 aliphatic rings. The number of hydrogen-bond acceptors (Lipinski definition) is 3. The third-order valence-corrected chi connectivity index (χ3v) is 2.95. The summed E-state index contributed by atoms with van der Waals surface area (Å²) in [6, 6.07) is 0. The Labute approximate surface area is 66.5 Å². The molecule has 0 aromatic rings. The summed E-state index contributed by atoms with van der Waals surface area (Å²) in [5.74, 6) is 1.16. The van der Waals surface area contributed by atoms with Crippen molar-refractivity contribution in [2.75, 3.05) is 26.2 Å². The van der Waals surface area contributed by atoms with Gasteiger partial charge in [-0.05, 0) is 18.9 Å². The van der Waals surface area contributed by atoms with Gasteiger partial charge < -0.3 is 10.6 Å². The summed E-state index contributed by atoms with van der Waals surface area (Å²) in [5.41, 5.74) is 5.32. The second kappa shape index (κ2) is 2.57. The van der Waals surface area contributed by atoms with Crippen molar-refractivity contribution in [2.45, 2.75) is 6.42 Å². The molecule has 0 aliphatic carbocycles. The van der Waals surface area contributed by atoms with E-state index in [2.05, 4.69) is 4.90 Å². The van der Waals surface area contributed by atoms with Crippen molar-refractivity contribution in [2.24, 2.45) is 17.6 Å². The molecule has 0 amide bonds. The fourth-order valence-electron chi connectivity index (χ4n) is 2.30. The molecule has 0 radical (unpaired) electrons. The van der Waals surface area contributed by atoms with Crippen molar-refractivity contribution in [3.8, 4) is 0 Å². The van der Waals surface area contributed by atoms with Crippen molar-refractivity contribution in [3.63, 3.8) is 0 Å². The van der Waals surface area contributed by atoms with Crippen LogP contribution in [0.15, 0.2) is 0 Å². The van der Waals surface area contributed by atoms with Crippen LogP contribution in [0, 0.1) is 11.8 Å². The number of fused-ring (bicyclic) bond motifs is 2. The quantitative estimate of drug-likeness (QED) is 0.581. The molecule has 3 atom stereocenters. The molecule has 2 rings (SSSR count). The van der Waals surface area contributed by atoms with Gasteiger partial charge in [0.25, 0.3) is 0 Å². The first kappa shape index (κ1) is 7.25. The van der Waals surface area contributed by atoms with Crippen LogP contribution in [0.2, 0.25) is 0 Å². The van der Waals surface area contributed by atoms with Crippen LogP contribution in [0.1, 0.15) is 6.42 Å². The molecular formula is C8H14N2O. The van der Waals surface area contributed by atoms with Crippen LogP contribution in [0.25, 0.3) is 0 Å². The first-order valence-electron chi connectivity index (χ1n) is 4.26. The summed E-state index contributed by atoms with van der Waals surface area (Å²) in [4.78, 5) is 13.6. The fraction of sp³-hybridized carbons (Fsp3) is 0.875. The summed E-state index contributed by atoms with van der Waals surface area (Å²) >= 11 is 0. The molecule has 0 aromatic heterocycles. The lowest BCUT2D eigenvalue weighted by molar-refractivity contribution is -0.122. The van der Waals surface area contributed by atoms with E-state index in [0.717, 1.165) is 13.1 Å². The molecule has 2 bridgehead atoms. The predicted octanol–water partition coefficient (Wildman–Crippen LogP) is -0.534. The zero-order valence-corrected chi connectivity index (χ0v) is 6.62. The minimum atomic E-state index is 0.231. The van der Waals surface area contributed by atoms with E-state index in [1.165, 1.54) is 13.0 Å². The maximum absolute atomic E-state index is 11.3. The standard InChI is InChI=1S/C8H14N2O/c9-3-8(11)7-5-10-2-1-6(7)4-10/h6-7H,1-5,9H2. The maximum Gasteiger partial charge on any atom is 0.151 e. The van der Waals surface area contributed by atoms with Crippen molar-refractivity contribution < 1.29 is 4.79 Å². The predicted molar refractivity (Wildman–Crippen MR) is 42.1 cm³/mol. The number of Topliss-reactive ketones (excluding diaryl/α,β-unsaturated/α-hetero) is 1. The molecule has 0 aromatic carbocycles. The molecule has 0 spiro atoms. The smallest absolute Gasteiger partial charge is 0.151 e. The van der Waals surface area contributed by atoms with Gasteiger partial charge in [-0.3, -0.25) is 4.79 Å². The van der Waals surface area contributed by atoms with Gasteiger partial charge in [-0.25, -0.2) is 0 Å². The molecule has 62 valence electrons. The summed E-state index contributed by atoms with van der Waals surface area (Å²) in [6.45, 7) is 3.53. The summed E-state index contributed by atoms with van der Waals surface area (Å²) in [7, 11) is 0. The number of rotatable bonds is 2. The van der Waals surface area contributed by atoms with E-state index in [1.807, 2.05) is 0 Å². The van der Waals surface area contributed by atoms with Crippen LogP contribution in [0.4, 0.5) is 0 Å². The number of carbonyl (C=O) groups is 1. The van der Waals surface area contributed by atoms with Crippen LogP contribution >= 0.6 is 0 Å². The Morgan fingerprint density at radius 3 is 2.82 bits per heavy atom. The van der Waals surface area contributed by atoms with Gasteiger partial charge in [-0.2, -0.15) is 0 Å². The van der Waals surface area contributed by atoms with Gasteiger partial charge in [-0.1, -0.05) is 0 Å². The molecule has 0 saturated carbocycles. The molecule has 11 heavy (non-hydrogen) atoms. The Balaban J connectivity index is 2.02. The van der Waals surface area contributed by atoms with E-state index in [9.17, 15) is 4.79 Å². The number of piperidine rings is 1. The highest BCUT2D eigenvalue weighted by molar-refractivity contribution is 5.83. The molecular weight excluding hydrogens is 140 g/mol. The van der Waals surface area contributed by atoms with E-state index in [4.69, 9.17) is 5.73 Å². The average Bonchev–Trinajstić information content (AvgIpc) is 2.62. The molecule has 3 nitrogen and oxygen atoms in total. The van der Waals surface area contributed by atoms with E-state index >= 15 is 0 Å². The first-order chi connectivity index (χ1) is 5.31. The lowest BCUT2D eigenvalue weighted by atomic mass is 9.89. The molecule has 2 aliphatic heterocycles. The Morgan fingerprint density at radius 1 is 1.55 bits per heavy atom. The topological polar surface area (TPSA) is 46.3 Å². The Hall–Kier alpha value is -0.410. The largest absolute Gasteiger partial charge is 0.324 e. The Morgan fingerprint density at radius 2 is 2.36 bits per heavy atom. The number of carbonyl (C=O) groups excluding carboxylic acids is 1. The number of nitrogens with zero attached hydrogens (tertiary/aromatic N) is 1. The van der Waals surface area contributed by atoms with Gasteiger partial charge in [0.05, 0.1) is 6.54 Å². The number of hydrogen-bond donors (Lipinski definition) is 1. The third-order valence-electron chi connectivity index (χ3n) is 2.95. The van der Waals surface area contributed by atoms with Gasteiger partial charge in [0, 0.05) is 19.0 Å². The normalized spacial score (nSPS) is 41.4. The first-order valence-corrected chi connectivity index (χ1v) is 4.26. The van der Waals surface area contributed by atoms with Gasteiger partial charge in [0.1, 0.15) is 0 Å². The van der Waals surface area contributed by atoms with Crippen molar-refractivity contribution >= 4 is 5.78 Å². The van der Waals surface area contributed by atoms with Crippen LogP contribution in [0.5, 0.6) is 0 Å². The maximum atomic E-state index is 11.3. The lowest BCUT2D eigenvalue weighted by Gasteiger charge is -2.19. The van der Waals surface area contributed by atoms with Gasteiger partial charge in [-0.15, -0.1) is 0 Å². The number of ketones is 1. The molecule has 2 N–H and O–H groups in total. The van der Waals surface area contributed by atoms with Gasteiger partial charge in [0.15, 0.2) is 5.78 Å². The summed E-state index contributed by atoms with van der Waals surface area (Å²) < 4.78 is 0. The lowest BCUT2D eigenvalue weighted by Crippen LogP contribution is -2.33. The molecule has 2 fully saturated rings. The molecule has 2 heterocycles. The highest BCUT2D eigenvalue weighted by atomic mass is 16.1. The second-order valence-electron chi connectivity index (χ2n) is 3.59. The third kappa shape index (κ3) is 1.08. The van der Waals surface area contributed by atoms with E-state index < -0.39 is 0 Å². The van der Waals surface area contributed by atoms with Crippen molar-refractivity contribution in [1.29, 1.82) is 0 Å². The van der Waals surface area contributed by atoms with Crippen LogP contribution in [-0.2, 0) is 4.79 Å². The Kier molecular flexibility index (Phi) is 1.69. The Bertz CT molecular complexity index is 181. The van der Waals surface area contributed by atoms with E-state index in [1.54, 1.807) is 0 Å². The van der Waals surface area contributed by atoms with Crippen LogP contribution in [-0.4, -0.2) is 36.9 Å².